The van der Waals surface area contributed by atoms with Gasteiger partial charge in [-0.15, -0.1) is 10.2 Å². The Kier molecular flexibility index (Phi) is 7.03. The van der Waals surface area contributed by atoms with E-state index in [4.69, 9.17) is 16.7 Å². The van der Waals surface area contributed by atoms with E-state index in [2.05, 4.69) is 15.5 Å². The van der Waals surface area contributed by atoms with Gasteiger partial charge < -0.3 is 5.32 Å². The molecular formula is C23H20ClN5O3S2. The number of nitrogens with two attached hydrogens (primary N) is 1. The average Bonchev–Trinajstić information content (AvgIpc) is 3.22. The molecule has 174 valence electrons. The van der Waals surface area contributed by atoms with Crippen LogP contribution in [-0.4, -0.2) is 34.8 Å². The molecule has 0 aliphatic rings. The maximum absolute atomic E-state index is 12.6. The van der Waals surface area contributed by atoms with Crippen molar-refractivity contribution in [3.8, 4) is 17.1 Å². The molecule has 11 heteroatoms. The summed E-state index contributed by atoms with van der Waals surface area (Å²) in [4.78, 5) is 12.5. The number of sulfonamides is 1. The molecule has 0 unspecified atom stereocenters. The molecule has 3 aromatic carbocycles. The summed E-state index contributed by atoms with van der Waals surface area (Å²) in [5.41, 5.74) is 3.10. The fourth-order valence-electron chi connectivity index (χ4n) is 3.24. The first-order valence-corrected chi connectivity index (χ1v) is 13.0. The van der Waals surface area contributed by atoms with E-state index in [1.807, 2.05) is 47.9 Å². The number of carbonyl (C=O) groups excluding carboxylic acids is 1. The first-order valence-electron chi connectivity index (χ1n) is 10.0. The summed E-state index contributed by atoms with van der Waals surface area (Å²) in [6.45, 7) is 2.00. The molecule has 4 rings (SSSR count). The number of benzene rings is 3. The molecule has 8 nitrogen and oxygen atoms in total. The highest BCUT2D eigenvalue weighted by Gasteiger charge is 2.18. The number of nitrogens with one attached hydrogen (secondary N) is 1. The number of halogens is 1. The molecule has 0 spiro atoms. The van der Waals surface area contributed by atoms with Crippen molar-refractivity contribution in [3.05, 3.63) is 83.4 Å². The van der Waals surface area contributed by atoms with Crippen LogP contribution in [0.3, 0.4) is 0 Å². The minimum absolute atomic E-state index is 0.0269. The van der Waals surface area contributed by atoms with Crippen molar-refractivity contribution in [2.75, 3.05) is 11.1 Å². The van der Waals surface area contributed by atoms with Gasteiger partial charge in [-0.1, -0.05) is 53.2 Å². The van der Waals surface area contributed by atoms with Crippen molar-refractivity contribution < 1.29 is 13.2 Å². The number of aromatic nitrogens is 3. The van der Waals surface area contributed by atoms with Crippen LogP contribution in [0, 0.1) is 6.92 Å². The van der Waals surface area contributed by atoms with Crippen LogP contribution in [0.4, 0.5) is 5.69 Å². The number of nitrogens with zero attached hydrogens (tertiary/aromatic N) is 3. The Morgan fingerprint density at radius 2 is 1.79 bits per heavy atom. The minimum atomic E-state index is -3.87. The number of rotatable bonds is 7. The number of amides is 1. The van der Waals surface area contributed by atoms with Crippen LogP contribution in [-0.2, 0) is 14.8 Å². The molecule has 0 bridgehead atoms. The van der Waals surface area contributed by atoms with E-state index in [1.54, 1.807) is 18.2 Å². The first-order chi connectivity index (χ1) is 16.2. The van der Waals surface area contributed by atoms with Crippen LogP contribution in [0.15, 0.2) is 82.8 Å². The lowest BCUT2D eigenvalue weighted by Crippen LogP contribution is -2.16. The lowest BCUT2D eigenvalue weighted by Gasteiger charge is -2.11. The number of anilines is 1. The van der Waals surface area contributed by atoms with Gasteiger partial charge in [-0.05, 0) is 55.5 Å². The largest absolute Gasteiger partial charge is 0.325 e. The highest BCUT2D eigenvalue weighted by atomic mass is 35.5. The number of thioether (sulfide) groups is 1. The van der Waals surface area contributed by atoms with Gasteiger partial charge in [0.05, 0.1) is 10.6 Å². The summed E-state index contributed by atoms with van der Waals surface area (Å²) in [5.74, 6) is 0.327. The molecule has 0 radical (unpaired) electrons. The number of hydrogen-bond acceptors (Lipinski definition) is 6. The summed E-state index contributed by atoms with van der Waals surface area (Å²) in [6, 6.07) is 20.9. The van der Waals surface area contributed by atoms with Crippen LogP contribution >= 0.6 is 23.4 Å². The maximum atomic E-state index is 12.6. The second-order valence-corrected chi connectivity index (χ2v) is 10.3. The Labute approximate surface area is 206 Å². The van der Waals surface area contributed by atoms with Crippen molar-refractivity contribution >= 4 is 45.0 Å². The van der Waals surface area contributed by atoms with Gasteiger partial charge in [-0.25, -0.2) is 13.6 Å². The molecule has 0 fully saturated rings. The zero-order chi connectivity index (χ0) is 24.3. The Balaban J connectivity index is 1.58. The predicted molar refractivity (Wildman–Crippen MR) is 134 cm³/mol. The molecule has 0 aliphatic heterocycles. The van der Waals surface area contributed by atoms with E-state index in [-0.39, 0.29) is 16.6 Å². The molecule has 0 saturated carbocycles. The third-order valence-electron chi connectivity index (χ3n) is 4.77. The Morgan fingerprint density at radius 3 is 2.50 bits per heavy atom. The lowest BCUT2D eigenvalue weighted by atomic mass is 10.1. The number of carbonyl (C=O) groups is 1. The molecule has 1 amide bonds. The van der Waals surface area contributed by atoms with E-state index in [1.165, 1.54) is 30.0 Å². The molecule has 0 atom stereocenters. The average molecular weight is 514 g/mol. The summed E-state index contributed by atoms with van der Waals surface area (Å²) in [6.07, 6.45) is 0. The standard InChI is InChI=1S/C23H20ClN5O3S2/c1-15-4-2-5-16(12-15)22-27-28-23(29(22)19-10-8-17(24)9-11-19)33-14-21(30)26-18-6-3-7-20(13-18)34(25,31)32/h2-13H,14H2,1H3,(H,26,30)(H2,25,31,32). The van der Waals surface area contributed by atoms with Crippen LogP contribution < -0.4 is 10.5 Å². The smallest absolute Gasteiger partial charge is 0.238 e. The Bertz CT molecular complexity index is 1450. The van der Waals surface area contributed by atoms with Crippen molar-refractivity contribution in [3.63, 3.8) is 0 Å². The summed E-state index contributed by atoms with van der Waals surface area (Å²) in [5, 5.41) is 17.7. The van der Waals surface area contributed by atoms with Gasteiger partial charge in [-0.3, -0.25) is 9.36 Å². The van der Waals surface area contributed by atoms with Gasteiger partial charge in [-0.2, -0.15) is 0 Å². The SMILES string of the molecule is Cc1cccc(-c2nnc(SCC(=O)Nc3cccc(S(N)(=O)=O)c3)n2-c2ccc(Cl)cc2)c1. The molecule has 4 aromatic rings. The van der Waals surface area contributed by atoms with Gasteiger partial charge in [0.1, 0.15) is 0 Å². The van der Waals surface area contributed by atoms with Gasteiger partial charge in [0.15, 0.2) is 11.0 Å². The molecular weight excluding hydrogens is 494 g/mol. The van der Waals surface area contributed by atoms with Crippen LogP contribution in [0.25, 0.3) is 17.1 Å². The van der Waals surface area contributed by atoms with Gasteiger partial charge in [0, 0.05) is 22.0 Å². The molecule has 3 N–H and O–H groups in total. The van der Waals surface area contributed by atoms with Crippen molar-refractivity contribution in [2.45, 2.75) is 17.0 Å². The Hall–Kier alpha value is -3.18. The van der Waals surface area contributed by atoms with E-state index < -0.39 is 10.0 Å². The number of primary sulfonamides is 1. The molecule has 1 heterocycles. The van der Waals surface area contributed by atoms with Gasteiger partial charge >= 0.3 is 0 Å². The molecule has 34 heavy (non-hydrogen) atoms. The highest BCUT2D eigenvalue weighted by Crippen LogP contribution is 2.29. The Morgan fingerprint density at radius 1 is 1.06 bits per heavy atom. The predicted octanol–water partition coefficient (Wildman–Crippen LogP) is 4.27. The zero-order valence-electron chi connectivity index (χ0n) is 18.0. The summed E-state index contributed by atoms with van der Waals surface area (Å²) < 4.78 is 25.0. The number of aryl methyl sites for hydroxylation is 1. The summed E-state index contributed by atoms with van der Waals surface area (Å²) >= 11 is 7.27. The molecule has 1 aromatic heterocycles. The fraction of sp³-hybridized carbons (Fsp3) is 0.0870. The normalized spacial score (nSPS) is 11.4. The van der Waals surface area contributed by atoms with E-state index >= 15 is 0 Å². The first kappa shape index (κ1) is 24.0. The van der Waals surface area contributed by atoms with E-state index in [9.17, 15) is 13.2 Å². The second-order valence-electron chi connectivity index (χ2n) is 7.40. The molecule has 0 saturated heterocycles. The van der Waals surface area contributed by atoms with E-state index in [0.29, 0.717) is 21.7 Å². The number of hydrogen-bond donors (Lipinski definition) is 2. The second kappa shape index (κ2) is 9.98. The van der Waals surface area contributed by atoms with Gasteiger partial charge in [0.2, 0.25) is 15.9 Å². The third-order valence-corrected chi connectivity index (χ3v) is 6.87. The van der Waals surface area contributed by atoms with Crippen LogP contribution in [0.5, 0.6) is 0 Å². The molecule has 0 aliphatic carbocycles. The third kappa shape index (κ3) is 5.65. The van der Waals surface area contributed by atoms with Gasteiger partial charge in [0.25, 0.3) is 0 Å². The monoisotopic (exact) mass is 513 g/mol. The van der Waals surface area contributed by atoms with E-state index in [0.717, 1.165) is 16.8 Å². The fourth-order valence-corrected chi connectivity index (χ4v) is 4.67. The minimum Gasteiger partial charge on any atom is -0.325 e. The van der Waals surface area contributed by atoms with Crippen LogP contribution in [0.2, 0.25) is 5.02 Å². The van der Waals surface area contributed by atoms with Crippen molar-refractivity contribution in [1.29, 1.82) is 0 Å². The summed E-state index contributed by atoms with van der Waals surface area (Å²) in [7, 11) is -3.87. The quantitative estimate of drug-likeness (QED) is 0.356. The lowest BCUT2D eigenvalue weighted by molar-refractivity contribution is -0.113. The maximum Gasteiger partial charge on any atom is 0.238 e. The topological polar surface area (TPSA) is 120 Å². The van der Waals surface area contributed by atoms with Crippen molar-refractivity contribution in [2.24, 2.45) is 5.14 Å². The van der Waals surface area contributed by atoms with Crippen molar-refractivity contribution in [1.82, 2.24) is 14.8 Å². The zero-order valence-corrected chi connectivity index (χ0v) is 20.4. The highest BCUT2D eigenvalue weighted by molar-refractivity contribution is 7.99. The van der Waals surface area contributed by atoms with Crippen LogP contribution in [0.1, 0.15) is 5.56 Å².